The van der Waals surface area contributed by atoms with E-state index in [0.717, 1.165) is 31.9 Å². The summed E-state index contributed by atoms with van der Waals surface area (Å²) >= 11 is 5.77. The van der Waals surface area contributed by atoms with Gasteiger partial charge in [-0.15, -0.1) is 0 Å². The fourth-order valence-corrected chi connectivity index (χ4v) is 1.47. The van der Waals surface area contributed by atoms with Crippen molar-refractivity contribution in [2.45, 2.75) is 19.5 Å². The summed E-state index contributed by atoms with van der Waals surface area (Å²) in [5.41, 5.74) is 0.998. The van der Waals surface area contributed by atoms with E-state index in [2.05, 4.69) is 22.5 Å². The molecule has 4 nitrogen and oxygen atoms in total. The van der Waals surface area contributed by atoms with Crippen molar-refractivity contribution in [2.24, 2.45) is 0 Å². The third-order valence-electron chi connectivity index (χ3n) is 2.35. The molecule has 0 spiro atoms. The number of nitrogens with one attached hydrogen (secondary N) is 2. The molecule has 1 atom stereocenters. The van der Waals surface area contributed by atoms with Crippen LogP contribution in [0.3, 0.4) is 0 Å². The molecule has 0 saturated heterocycles. The quantitative estimate of drug-likeness (QED) is 0.692. The molecule has 17 heavy (non-hydrogen) atoms. The zero-order valence-electron chi connectivity index (χ0n) is 10.4. The smallest absolute Gasteiger partial charge is 0.0589 e. The van der Waals surface area contributed by atoms with Crippen molar-refractivity contribution >= 4 is 11.6 Å². The largest absolute Gasteiger partial charge is 0.383 e. The van der Waals surface area contributed by atoms with Crippen LogP contribution in [0.1, 0.15) is 12.6 Å². The average Bonchev–Trinajstić information content (AvgIpc) is 2.34. The molecule has 96 valence electrons. The summed E-state index contributed by atoms with van der Waals surface area (Å²) in [7, 11) is 1.70. The van der Waals surface area contributed by atoms with Gasteiger partial charge < -0.3 is 15.4 Å². The van der Waals surface area contributed by atoms with Crippen LogP contribution in [0.5, 0.6) is 0 Å². The minimum Gasteiger partial charge on any atom is -0.383 e. The van der Waals surface area contributed by atoms with E-state index in [1.807, 2.05) is 12.1 Å². The van der Waals surface area contributed by atoms with E-state index in [9.17, 15) is 0 Å². The van der Waals surface area contributed by atoms with Crippen LogP contribution < -0.4 is 10.6 Å². The van der Waals surface area contributed by atoms with Gasteiger partial charge in [-0.05, 0) is 19.1 Å². The Hall–Kier alpha value is -0.680. The summed E-state index contributed by atoms with van der Waals surface area (Å²) in [6.07, 6.45) is 1.67. The van der Waals surface area contributed by atoms with Gasteiger partial charge in [0.25, 0.3) is 0 Å². The number of halogens is 1. The first-order chi connectivity index (χ1) is 8.22. The lowest BCUT2D eigenvalue weighted by atomic mass is 10.3. The highest BCUT2D eigenvalue weighted by molar-refractivity contribution is 6.30. The second-order valence-corrected chi connectivity index (χ2v) is 4.38. The van der Waals surface area contributed by atoms with Crippen molar-refractivity contribution in [3.8, 4) is 0 Å². The second kappa shape index (κ2) is 8.42. The summed E-state index contributed by atoms with van der Waals surface area (Å²) in [6, 6.07) is 4.18. The normalized spacial score (nSPS) is 12.6. The number of hydrogen-bond acceptors (Lipinski definition) is 4. The number of aromatic nitrogens is 1. The van der Waals surface area contributed by atoms with Crippen LogP contribution >= 0.6 is 11.6 Å². The van der Waals surface area contributed by atoms with Gasteiger partial charge in [-0.3, -0.25) is 4.98 Å². The number of hydrogen-bond donors (Lipinski definition) is 2. The first kappa shape index (κ1) is 14.4. The molecule has 0 fully saturated rings. The molecule has 5 heteroatoms. The fourth-order valence-electron chi connectivity index (χ4n) is 1.35. The average molecular weight is 258 g/mol. The Morgan fingerprint density at radius 2 is 2.29 bits per heavy atom. The van der Waals surface area contributed by atoms with Crippen molar-refractivity contribution in [1.29, 1.82) is 0 Å². The van der Waals surface area contributed by atoms with E-state index in [1.165, 1.54) is 0 Å². The summed E-state index contributed by atoms with van der Waals surface area (Å²) in [4.78, 5) is 4.23. The molecule has 1 aromatic heterocycles. The summed E-state index contributed by atoms with van der Waals surface area (Å²) < 4.78 is 4.96. The zero-order valence-corrected chi connectivity index (χ0v) is 11.1. The first-order valence-corrected chi connectivity index (χ1v) is 6.13. The lowest BCUT2D eigenvalue weighted by molar-refractivity contribution is 0.198. The minimum absolute atomic E-state index is 0.393. The van der Waals surface area contributed by atoms with Gasteiger partial charge >= 0.3 is 0 Å². The van der Waals surface area contributed by atoms with E-state index >= 15 is 0 Å². The van der Waals surface area contributed by atoms with Gasteiger partial charge in [0.15, 0.2) is 0 Å². The van der Waals surface area contributed by atoms with E-state index in [-0.39, 0.29) is 0 Å². The maximum Gasteiger partial charge on any atom is 0.0589 e. The van der Waals surface area contributed by atoms with Gasteiger partial charge in [-0.2, -0.15) is 0 Å². The van der Waals surface area contributed by atoms with Crippen molar-refractivity contribution in [1.82, 2.24) is 15.6 Å². The summed E-state index contributed by atoms with van der Waals surface area (Å²) in [5, 5.41) is 7.36. The number of rotatable bonds is 8. The number of ether oxygens (including phenoxy) is 1. The van der Waals surface area contributed by atoms with Gasteiger partial charge in [0, 0.05) is 39.0 Å². The third kappa shape index (κ3) is 6.58. The van der Waals surface area contributed by atoms with Crippen LogP contribution in [-0.4, -0.2) is 37.8 Å². The second-order valence-electron chi connectivity index (χ2n) is 3.95. The Balaban J connectivity index is 2.14. The van der Waals surface area contributed by atoms with Crippen LogP contribution in [0, 0.1) is 0 Å². The molecule has 0 saturated carbocycles. The third-order valence-corrected chi connectivity index (χ3v) is 2.58. The van der Waals surface area contributed by atoms with Crippen LogP contribution in [0.25, 0.3) is 0 Å². The van der Waals surface area contributed by atoms with Gasteiger partial charge in [-0.1, -0.05) is 11.6 Å². The molecule has 2 N–H and O–H groups in total. The molecule has 1 heterocycles. The van der Waals surface area contributed by atoms with Crippen LogP contribution in [-0.2, 0) is 11.3 Å². The first-order valence-electron chi connectivity index (χ1n) is 5.76. The summed E-state index contributed by atoms with van der Waals surface area (Å²) in [5.74, 6) is 0. The standard InChI is InChI=1S/C12H20ClN3O/c1-10(7-14-5-6-17-2)15-9-12-4-3-11(13)8-16-12/h3-4,8,10,14-15H,5-7,9H2,1-2H3. The topological polar surface area (TPSA) is 46.2 Å². The van der Waals surface area contributed by atoms with Gasteiger partial charge in [-0.25, -0.2) is 0 Å². The van der Waals surface area contributed by atoms with Crippen LogP contribution in [0.15, 0.2) is 18.3 Å². The molecule has 0 bridgehead atoms. The predicted octanol–water partition coefficient (Wildman–Crippen LogP) is 1.45. The van der Waals surface area contributed by atoms with Crippen molar-refractivity contribution in [3.63, 3.8) is 0 Å². The van der Waals surface area contributed by atoms with Crippen molar-refractivity contribution < 1.29 is 4.74 Å². The SMILES string of the molecule is COCCNCC(C)NCc1ccc(Cl)cn1. The fraction of sp³-hybridized carbons (Fsp3) is 0.583. The van der Waals surface area contributed by atoms with E-state index in [4.69, 9.17) is 16.3 Å². The zero-order chi connectivity index (χ0) is 12.5. The molecule has 0 aliphatic rings. The Labute approximate surface area is 108 Å². The molecule has 0 amide bonds. The van der Waals surface area contributed by atoms with Gasteiger partial charge in [0.2, 0.25) is 0 Å². The molecule has 1 unspecified atom stereocenters. The van der Waals surface area contributed by atoms with Crippen LogP contribution in [0.2, 0.25) is 5.02 Å². The molecule has 1 rings (SSSR count). The Kier molecular flexibility index (Phi) is 7.12. The van der Waals surface area contributed by atoms with Gasteiger partial charge in [0.1, 0.15) is 0 Å². The highest BCUT2D eigenvalue weighted by Crippen LogP contribution is 2.05. The van der Waals surface area contributed by atoms with E-state index in [1.54, 1.807) is 13.3 Å². The Bertz CT molecular complexity index is 305. The molecule has 0 aliphatic carbocycles. The van der Waals surface area contributed by atoms with E-state index < -0.39 is 0 Å². The molecule has 0 radical (unpaired) electrons. The van der Waals surface area contributed by atoms with E-state index in [0.29, 0.717) is 11.1 Å². The number of methoxy groups -OCH3 is 1. The maximum atomic E-state index is 5.77. The summed E-state index contributed by atoms with van der Waals surface area (Å²) in [6.45, 7) is 5.42. The maximum absolute atomic E-state index is 5.77. The lowest BCUT2D eigenvalue weighted by Gasteiger charge is -2.14. The number of nitrogens with zero attached hydrogens (tertiary/aromatic N) is 1. The minimum atomic E-state index is 0.393. The Morgan fingerprint density at radius 1 is 1.47 bits per heavy atom. The molecule has 1 aromatic rings. The van der Waals surface area contributed by atoms with Crippen LogP contribution in [0.4, 0.5) is 0 Å². The van der Waals surface area contributed by atoms with Crippen molar-refractivity contribution in [3.05, 3.63) is 29.0 Å². The van der Waals surface area contributed by atoms with Crippen molar-refractivity contribution in [2.75, 3.05) is 26.8 Å². The number of pyridine rings is 1. The monoisotopic (exact) mass is 257 g/mol. The lowest BCUT2D eigenvalue weighted by Crippen LogP contribution is -2.37. The predicted molar refractivity (Wildman–Crippen MR) is 70.3 cm³/mol. The van der Waals surface area contributed by atoms with Gasteiger partial charge in [0.05, 0.1) is 17.3 Å². The Morgan fingerprint density at radius 3 is 2.94 bits per heavy atom. The highest BCUT2D eigenvalue weighted by Gasteiger charge is 2.01. The molecular formula is C12H20ClN3O. The molecule has 0 aromatic carbocycles. The highest BCUT2D eigenvalue weighted by atomic mass is 35.5. The molecule has 0 aliphatic heterocycles. The molecular weight excluding hydrogens is 238 g/mol.